The van der Waals surface area contributed by atoms with Crippen LogP contribution < -0.4 is 5.73 Å². The second kappa shape index (κ2) is 4.94. The molecule has 1 fully saturated rings. The molecule has 5 nitrogen and oxygen atoms in total. The first-order valence-corrected chi connectivity index (χ1v) is 7.73. The number of imidazole rings is 1. The largest absolute Gasteiger partial charge is 0.399 e. The molecule has 1 aliphatic rings. The summed E-state index contributed by atoms with van der Waals surface area (Å²) in [5, 5.41) is 0.503. The smallest absolute Gasteiger partial charge is 0.197 e. The van der Waals surface area contributed by atoms with E-state index < -0.39 is 10.8 Å². The van der Waals surface area contributed by atoms with E-state index in [1.165, 1.54) is 0 Å². The Labute approximate surface area is 114 Å². The van der Waals surface area contributed by atoms with Gasteiger partial charge < -0.3 is 15.5 Å². The highest BCUT2D eigenvalue weighted by atomic mass is 32.2. The van der Waals surface area contributed by atoms with Gasteiger partial charge >= 0.3 is 0 Å². The number of nitrogen functional groups attached to an aromatic ring is 1. The van der Waals surface area contributed by atoms with Gasteiger partial charge in [0.2, 0.25) is 0 Å². The maximum absolute atomic E-state index is 12.3. The summed E-state index contributed by atoms with van der Waals surface area (Å²) in [5.74, 6) is 0.500. The van der Waals surface area contributed by atoms with Crippen LogP contribution in [0.25, 0.3) is 11.0 Å². The van der Waals surface area contributed by atoms with Crippen molar-refractivity contribution in [3.63, 3.8) is 0 Å². The average Bonchev–Trinajstić information content (AvgIpc) is 2.95. The van der Waals surface area contributed by atoms with Crippen molar-refractivity contribution in [1.82, 2.24) is 9.97 Å². The minimum absolute atomic E-state index is 0.0779. The molecule has 3 atom stereocenters. The van der Waals surface area contributed by atoms with Crippen molar-refractivity contribution in [3.05, 3.63) is 18.2 Å². The molecule has 1 aromatic heterocycles. The third-order valence-corrected chi connectivity index (χ3v) is 4.66. The van der Waals surface area contributed by atoms with Crippen LogP contribution in [0.4, 0.5) is 5.69 Å². The van der Waals surface area contributed by atoms with Crippen LogP contribution >= 0.6 is 0 Å². The number of fused-ring (bicyclic) bond motifs is 1. The highest BCUT2D eigenvalue weighted by Gasteiger charge is 2.25. The molecular weight excluding hydrogens is 262 g/mol. The van der Waals surface area contributed by atoms with Crippen molar-refractivity contribution >= 4 is 27.5 Å². The molecule has 1 aliphatic heterocycles. The molecule has 1 aromatic carbocycles. The van der Waals surface area contributed by atoms with Gasteiger partial charge in [-0.05, 0) is 38.0 Å². The number of nitrogens with zero attached hydrogens (tertiary/aromatic N) is 1. The Morgan fingerprint density at radius 1 is 1.53 bits per heavy atom. The van der Waals surface area contributed by atoms with E-state index in [2.05, 4.69) is 9.97 Å². The maximum Gasteiger partial charge on any atom is 0.197 e. The average molecular weight is 279 g/mol. The number of ether oxygens (including phenoxy) is 1. The Morgan fingerprint density at radius 2 is 2.37 bits per heavy atom. The van der Waals surface area contributed by atoms with Gasteiger partial charge in [-0.1, -0.05) is 0 Å². The Balaban J connectivity index is 1.78. The molecule has 0 aliphatic carbocycles. The monoisotopic (exact) mass is 279 g/mol. The summed E-state index contributed by atoms with van der Waals surface area (Å²) in [6, 6.07) is 5.42. The number of hydrogen-bond acceptors (Lipinski definition) is 4. The van der Waals surface area contributed by atoms with Crippen molar-refractivity contribution in [2.75, 3.05) is 11.5 Å². The fraction of sp³-hybridized carbons (Fsp3) is 0.462. The zero-order valence-electron chi connectivity index (χ0n) is 10.8. The molecule has 3 N–H and O–H groups in total. The number of nitrogens with two attached hydrogens (primary N) is 1. The van der Waals surface area contributed by atoms with Gasteiger partial charge in [0.15, 0.2) is 5.16 Å². The van der Waals surface area contributed by atoms with Gasteiger partial charge in [-0.2, -0.15) is 0 Å². The van der Waals surface area contributed by atoms with Crippen molar-refractivity contribution < 1.29 is 8.95 Å². The lowest BCUT2D eigenvalue weighted by Gasteiger charge is -2.08. The maximum atomic E-state index is 12.3. The van der Waals surface area contributed by atoms with Crippen molar-refractivity contribution in [1.29, 1.82) is 0 Å². The van der Waals surface area contributed by atoms with Crippen LogP contribution in [0.1, 0.15) is 19.8 Å². The molecule has 0 radical (unpaired) electrons. The standard InChI is InChI=1S/C13H17N3O2S/c1-8-2-4-10(18-8)7-19(17)13-15-11-5-3-9(14)6-12(11)16-13/h3,5-6,8,10H,2,4,7,14H2,1H3,(H,15,16). The lowest BCUT2D eigenvalue weighted by atomic mass is 10.2. The van der Waals surface area contributed by atoms with Crippen LogP contribution in [0.5, 0.6) is 0 Å². The molecule has 19 heavy (non-hydrogen) atoms. The zero-order chi connectivity index (χ0) is 13.4. The van der Waals surface area contributed by atoms with Gasteiger partial charge in [0.25, 0.3) is 0 Å². The SMILES string of the molecule is CC1CCC(CS(=O)c2nc3ccc(N)cc3[nH]2)O1. The lowest BCUT2D eigenvalue weighted by Crippen LogP contribution is -2.17. The summed E-state index contributed by atoms with van der Waals surface area (Å²) in [4.78, 5) is 7.42. The van der Waals surface area contributed by atoms with E-state index in [0.29, 0.717) is 16.6 Å². The summed E-state index contributed by atoms with van der Waals surface area (Å²) in [6.45, 7) is 2.05. The van der Waals surface area contributed by atoms with Crippen LogP contribution in [-0.2, 0) is 15.5 Å². The van der Waals surface area contributed by atoms with Crippen molar-refractivity contribution in [2.24, 2.45) is 0 Å². The van der Waals surface area contributed by atoms with Crippen molar-refractivity contribution in [2.45, 2.75) is 37.1 Å². The predicted molar refractivity (Wildman–Crippen MR) is 75.4 cm³/mol. The first-order valence-electron chi connectivity index (χ1n) is 6.41. The number of benzene rings is 1. The number of aromatic nitrogens is 2. The van der Waals surface area contributed by atoms with E-state index in [0.717, 1.165) is 23.9 Å². The number of aromatic amines is 1. The molecule has 2 heterocycles. The summed E-state index contributed by atoms with van der Waals surface area (Å²) in [7, 11) is -1.16. The molecule has 0 saturated carbocycles. The van der Waals surface area contributed by atoms with E-state index in [9.17, 15) is 4.21 Å². The third-order valence-electron chi connectivity index (χ3n) is 3.36. The van der Waals surface area contributed by atoms with Crippen LogP contribution in [0.2, 0.25) is 0 Å². The fourth-order valence-electron chi connectivity index (χ4n) is 2.37. The number of H-pyrrole nitrogens is 1. The first-order chi connectivity index (χ1) is 9.11. The topological polar surface area (TPSA) is 81.0 Å². The Bertz CT molecular complexity index is 625. The number of hydrogen-bond donors (Lipinski definition) is 2. The van der Waals surface area contributed by atoms with E-state index >= 15 is 0 Å². The molecule has 0 amide bonds. The molecule has 2 aromatic rings. The highest BCUT2D eigenvalue weighted by molar-refractivity contribution is 7.84. The first kappa shape index (κ1) is 12.6. The molecule has 1 saturated heterocycles. The molecular formula is C13H17N3O2S. The number of anilines is 1. The highest BCUT2D eigenvalue weighted by Crippen LogP contribution is 2.22. The Morgan fingerprint density at radius 3 is 3.11 bits per heavy atom. The number of rotatable bonds is 3. The van der Waals surface area contributed by atoms with Crippen molar-refractivity contribution in [3.8, 4) is 0 Å². The third kappa shape index (κ3) is 2.64. The zero-order valence-corrected chi connectivity index (χ0v) is 11.6. The van der Waals surface area contributed by atoms with Gasteiger partial charge in [0.05, 0.1) is 39.8 Å². The van der Waals surface area contributed by atoms with E-state index in [1.54, 1.807) is 12.1 Å². The minimum atomic E-state index is -1.16. The molecule has 3 unspecified atom stereocenters. The normalized spacial score (nSPS) is 24.9. The second-order valence-corrected chi connectivity index (χ2v) is 6.39. The van der Waals surface area contributed by atoms with Gasteiger partial charge in [-0.3, -0.25) is 4.21 Å². The molecule has 102 valence electrons. The van der Waals surface area contributed by atoms with Gasteiger partial charge in [0.1, 0.15) is 0 Å². The van der Waals surface area contributed by atoms with E-state index in [1.807, 2.05) is 13.0 Å². The van der Waals surface area contributed by atoms with Crippen LogP contribution in [0.3, 0.4) is 0 Å². The second-order valence-electron chi connectivity index (χ2n) is 4.98. The molecule has 0 bridgehead atoms. The van der Waals surface area contributed by atoms with Gasteiger partial charge in [0, 0.05) is 5.69 Å². The molecule has 3 rings (SSSR count). The van der Waals surface area contributed by atoms with Crippen LogP contribution in [-0.4, -0.2) is 32.1 Å². The number of nitrogens with one attached hydrogen (secondary N) is 1. The summed E-state index contributed by atoms with van der Waals surface area (Å²) >= 11 is 0. The Kier molecular flexibility index (Phi) is 3.28. The van der Waals surface area contributed by atoms with Gasteiger partial charge in [-0.15, -0.1) is 0 Å². The fourth-order valence-corrected chi connectivity index (χ4v) is 3.53. The van der Waals surface area contributed by atoms with E-state index in [4.69, 9.17) is 10.5 Å². The summed E-state index contributed by atoms with van der Waals surface area (Å²) in [5.41, 5.74) is 7.99. The van der Waals surface area contributed by atoms with Crippen LogP contribution in [0.15, 0.2) is 23.4 Å². The summed E-state index contributed by atoms with van der Waals surface area (Å²) in [6.07, 6.45) is 2.37. The molecule has 0 spiro atoms. The quantitative estimate of drug-likeness (QED) is 0.840. The Hall–Kier alpha value is -1.40. The predicted octanol–water partition coefficient (Wildman–Crippen LogP) is 1.82. The minimum Gasteiger partial charge on any atom is -0.399 e. The van der Waals surface area contributed by atoms with Gasteiger partial charge in [-0.25, -0.2) is 4.98 Å². The lowest BCUT2D eigenvalue weighted by molar-refractivity contribution is 0.0694. The van der Waals surface area contributed by atoms with E-state index in [-0.39, 0.29) is 12.2 Å². The molecule has 6 heteroatoms. The van der Waals surface area contributed by atoms with Crippen LogP contribution in [0, 0.1) is 0 Å². The summed E-state index contributed by atoms with van der Waals surface area (Å²) < 4.78 is 18.0.